The van der Waals surface area contributed by atoms with E-state index in [4.69, 9.17) is 0 Å². The molecule has 0 saturated heterocycles. The van der Waals surface area contributed by atoms with E-state index in [1.54, 1.807) is 0 Å². The molecule has 0 fully saturated rings. The average Bonchev–Trinajstić information content (AvgIpc) is 2.40. The van der Waals surface area contributed by atoms with Gasteiger partial charge in [-0.1, -0.05) is 13.8 Å². The Balaban J connectivity index is 2.46. The van der Waals surface area contributed by atoms with Crippen LogP contribution in [0.5, 0.6) is 0 Å². The molecular weight excluding hydrogens is 136 g/mol. The Hall–Kier alpha value is -0.500. The minimum absolute atomic E-state index is 0.555. The minimum Gasteiger partial charge on any atom is -0.326 e. The molecule has 0 saturated carbocycles. The molecule has 0 aromatic carbocycles. The monoisotopic (exact) mass is 154 g/mol. The van der Waals surface area contributed by atoms with Gasteiger partial charge in [-0.3, -0.25) is 0 Å². The van der Waals surface area contributed by atoms with Gasteiger partial charge in [0.05, 0.1) is 0 Å². The number of rotatable bonds is 3. The third-order valence-corrected chi connectivity index (χ3v) is 2.37. The summed E-state index contributed by atoms with van der Waals surface area (Å²) in [6, 6.07) is 1.24. The average molecular weight is 154 g/mol. The van der Waals surface area contributed by atoms with Gasteiger partial charge in [0.15, 0.2) is 0 Å². The molecule has 1 rings (SSSR count). The number of nitrogens with zero attached hydrogens (tertiary/aromatic N) is 1. The van der Waals surface area contributed by atoms with E-state index in [9.17, 15) is 0 Å². The summed E-state index contributed by atoms with van der Waals surface area (Å²) in [5.74, 6) is 0. The third-order valence-electron chi connectivity index (χ3n) is 2.37. The maximum Gasteiger partial charge on any atom is 0.0463 e. The molecule has 1 N–H and O–H groups in total. The predicted octanol–water partition coefficient (Wildman–Crippen LogP) is 1.90. The molecule has 0 amide bonds. The Bertz CT molecular complexity index is 138. The Morgan fingerprint density at radius 2 is 2.09 bits per heavy atom. The van der Waals surface area contributed by atoms with Gasteiger partial charge in [0.1, 0.15) is 0 Å². The molecule has 2 nitrogen and oxygen atoms in total. The SMILES string of the molecule is CCC(CC)N1NC=CC1C. The Kier molecular flexibility index (Phi) is 2.94. The molecule has 1 heterocycles. The highest BCUT2D eigenvalue weighted by molar-refractivity contribution is 4.97. The van der Waals surface area contributed by atoms with Crippen molar-refractivity contribution in [1.82, 2.24) is 10.4 Å². The zero-order valence-corrected chi connectivity index (χ0v) is 7.67. The van der Waals surface area contributed by atoms with Gasteiger partial charge in [-0.25, -0.2) is 5.01 Å². The lowest BCUT2D eigenvalue weighted by molar-refractivity contribution is 0.132. The molecule has 0 aromatic rings. The highest BCUT2D eigenvalue weighted by atomic mass is 15.5. The standard InChI is InChI=1S/C9H18N2/c1-4-9(5-2)11-8(3)6-7-10-11/h6-10H,4-5H2,1-3H3. The molecule has 1 atom stereocenters. The topological polar surface area (TPSA) is 15.3 Å². The normalized spacial score (nSPS) is 24.5. The number of hydrogen-bond donors (Lipinski definition) is 1. The largest absolute Gasteiger partial charge is 0.326 e. The van der Waals surface area contributed by atoms with Gasteiger partial charge in [0.2, 0.25) is 0 Å². The van der Waals surface area contributed by atoms with Crippen molar-refractivity contribution in [2.45, 2.75) is 45.7 Å². The van der Waals surface area contributed by atoms with E-state index in [0.717, 1.165) is 0 Å². The van der Waals surface area contributed by atoms with E-state index in [2.05, 4.69) is 37.3 Å². The van der Waals surface area contributed by atoms with Crippen LogP contribution in [-0.4, -0.2) is 17.1 Å². The molecule has 1 aliphatic heterocycles. The van der Waals surface area contributed by atoms with Crippen molar-refractivity contribution in [2.24, 2.45) is 0 Å². The maximum atomic E-state index is 3.26. The summed E-state index contributed by atoms with van der Waals surface area (Å²) in [4.78, 5) is 0. The maximum absolute atomic E-state index is 3.26. The summed E-state index contributed by atoms with van der Waals surface area (Å²) < 4.78 is 0. The fourth-order valence-corrected chi connectivity index (χ4v) is 1.60. The summed E-state index contributed by atoms with van der Waals surface area (Å²) >= 11 is 0. The highest BCUT2D eigenvalue weighted by Gasteiger charge is 2.21. The molecule has 2 heteroatoms. The van der Waals surface area contributed by atoms with E-state index in [1.165, 1.54) is 12.8 Å². The lowest BCUT2D eigenvalue weighted by Gasteiger charge is -2.29. The Labute approximate surface area is 69.2 Å². The van der Waals surface area contributed by atoms with Gasteiger partial charge in [-0.2, -0.15) is 0 Å². The van der Waals surface area contributed by atoms with Crippen LogP contribution in [0.4, 0.5) is 0 Å². The second-order valence-corrected chi connectivity index (χ2v) is 3.11. The first-order valence-electron chi connectivity index (χ1n) is 4.50. The molecule has 64 valence electrons. The zero-order valence-electron chi connectivity index (χ0n) is 7.67. The second-order valence-electron chi connectivity index (χ2n) is 3.11. The van der Waals surface area contributed by atoms with Crippen molar-refractivity contribution in [3.63, 3.8) is 0 Å². The van der Waals surface area contributed by atoms with Crippen LogP contribution >= 0.6 is 0 Å². The molecule has 0 aliphatic carbocycles. The fraction of sp³-hybridized carbons (Fsp3) is 0.778. The third kappa shape index (κ3) is 1.74. The van der Waals surface area contributed by atoms with Crippen molar-refractivity contribution in [3.05, 3.63) is 12.3 Å². The predicted molar refractivity (Wildman–Crippen MR) is 47.9 cm³/mol. The van der Waals surface area contributed by atoms with Crippen LogP contribution < -0.4 is 5.43 Å². The minimum atomic E-state index is 0.555. The van der Waals surface area contributed by atoms with E-state index in [1.807, 2.05) is 6.20 Å². The van der Waals surface area contributed by atoms with Crippen molar-refractivity contribution in [3.8, 4) is 0 Å². The quantitative estimate of drug-likeness (QED) is 0.668. The van der Waals surface area contributed by atoms with Gasteiger partial charge >= 0.3 is 0 Å². The number of hydrazine groups is 1. The first kappa shape index (κ1) is 8.60. The summed E-state index contributed by atoms with van der Waals surface area (Å²) in [6.45, 7) is 6.69. The molecule has 0 radical (unpaired) electrons. The van der Waals surface area contributed by atoms with Crippen LogP contribution in [0.25, 0.3) is 0 Å². The van der Waals surface area contributed by atoms with Crippen LogP contribution in [-0.2, 0) is 0 Å². The summed E-state index contributed by atoms with van der Waals surface area (Å²) in [5, 5.41) is 2.32. The molecule has 1 unspecified atom stereocenters. The van der Waals surface area contributed by atoms with Gasteiger partial charge in [-0.05, 0) is 25.8 Å². The molecule has 1 aliphatic rings. The lowest BCUT2D eigenvalue weighted by Crippen LogP contribution is -2.43. The van der Waals surface area contributed by atoms with Gasteiger partial charge in [-0.15, -0.1) is 0 Å². The van der Waals surface area contributed by atoms with Crippen molar-refractivity contribution >= 4 is 0 Å². The summed E-state index contributed by atoms with van der Waals surface area (Å²) in [6.07, 6.45) is 6.66. The van der Waals surface area contributed by atoms with E-state index in [0.29, 0.717) is 12.1 Å². The Morgan fingerprint density at radius 1 is 1.45 bits per heavy atom. The smallest absolute Gasteiger partial charge is 0.0463 e. The molecule has 11 heavy (non-hydrogen) atoms. The van der Waals surface area contributed by atoms with Crippen LogP contribution in [0.3, 0.4) is 0 Å². The number of hydrogen-bond acceptors (Lipinski definition) is 2. The zero-order chi connectivity index (χ0) is 8.27. The Morgan fingerprint density at radius 3 is 2.45 bits per heavy atom. The van der Waals surface area contributed by atoms with Crippen LogP contribution in [0.1, 0.15) is 33.6 Å². The lowest BCUT2D eigenvalue weighted by atomic mass is 10.1. The fourth-order valence-electron chi connectivity index (χ4n) is 1.60. The van der Waals surface area contributed by atoms with Crippen LogP contribution in [0.2, 0.25) is 0 Å². The first-order valence-corrected chi connectivity index (χ1v) is 4.50. The van der Waals surface area contributed by atoms with Gasteiger partial charge in [0.25, 0.3) is 0 Å². The second kappa shape index (κ2) is 3.77. The van der Waals surface area contributed by atoms with Crippen molar-refractivity contribution < 1.29 is 0 Å². The van der Waals surface area contributed by atoms with Crippen molar-refractivity contribution in [1.29, 1.82) is 0 Å². The van der Waals surface area contributed by atoms with Crippen LogP contribution in [0, 0.1) is 0 Å². The van der Waals surface area contributed by atoms with E-state index in [-0.39, 0.29) is 0 Å². The van der Waals surface area contributed by atoms with Gasteiger partial charge < -0.3 is 5.43 Å². The molecule has 0 aromatic heterocycles. The number of nitrogens with one attached hydrogen (secondary N) is 1. The summed E-state index contributed by atoms with van der Waals surface area (Å²) in [5.41, 5.74) is 3.26. The first-order chi connectivity index (χ1) is 5.29. The van der Waals surface area contributed by atoms with Crippen LogP contribution in [0.15, 0.2) is 12.3 Å². The highest BCUT2D eigenvalue weighted by Crippen LogP contribution is 2.13. The molecular formula is C9H18N2. The molecule has 0 spiro atoms. The van der Waals surface area contributed by atoms with Crippen molar-refractivity contribution in [2.75, 3.05) is 0 Å². The van der Waals surface area contributed by atoms with E-state index >= 15 is 0 Å². The molecule has 0 bridgehead atoms. The summed E-state index contributed by atoms with van der Waals surface area (Å²) in [7, 11) is 0. The van der Waals surface area contributed by atoms with E-state index < -0.39 is 0 Å². The van der Waals surface area contributed by atoms with Gasteiger partial charge in [0, 0.05) is 18.3 Å².